The largest absolute Gasteiger partial charge is 0.508 e. The maximum Gasteiger partial charge on any atom is 0.294 e. The van der Waals surface area contributed by atoms with Crippen molar-refractivity contribution in [1.82, 2.24) is 0 Å². The summed E-state index contributed by atoms with van der Waals surface area (Å²) in [6.07, 6.45) is 4.85. The Kier molecular flexibility index (Phi) is 6.23. The molecule has 0 aliphatic rings. The number of hydrogen-bond donors (Lipinski definition) is 2. The Labute approximate surface area is 142 Å². The summed E-state index contributed by atoms with van der Waals surface area (Å²) >= 11 is 0. The highest BCUT2D eigenvalue weighted by molar-refractivity contribution is 7.85. The van der Waals surface area contributed by atoms with Gasteiger partial charge in [-0.25, -0.2) is 0 Å². The Morgan fingerprint density at radius 2 is 1.71 bits per heavy atom. The van der Waals surface area contributed by atoms with Gasteiger partial charge < -0.3 is 9.84 Å². The SMILES string of the molecule is CCCCCCc1cc(S(=O)(=O)O)ccc1Oc1ccc(O)cc1. The quantitative estimate of drug-likeness (QED) is 0.539. The number of ether oxygens (including phenoxy) is 1. The lowest BCUT2D eigenvalue weighted by Gasteiger charge is -2.12. The molecule has 24 heavy (non-hydrogen) atoms. The van der Waals surface area contributed by atoms with Crippen LogP contribution >= 0.6 is 0 Å². The van der Waals surface area contributed by atoms with E-state index >= 15 is 0 Å². The third-order valence-electron chi connectivity index (χ3n) is 3.69. The van der Waals surface area contributed by atoms with Crippen molar-refractivity contribution >= 4 is 10.1 Å². The maximum atomic E-state index is 11.4. The smallest absolute Gasteiger partial charge is 0.294 e. The topological polar surface area (TPSA) is 83.8 Å². The average Bonchev–Trinajstić information content (AvgIpc) is 2.54. The molecule has 0 unspecified atom stereocenters. The van der Waals surface area contributed by atoms with Crippen molar-refractivity contribution in [1.29, 1.82) is 0 Å². The Bertz CT molecular complexity index is 766. The number of rotatable bonds is 8. The van der Waals surface area contributed by atoms with Gasteiger partial charge in [0.2, 0.25) is 0 Å². The second kappa shape index (κ2) is 8.17. The number of benzene rings is 2. The third kappa shape index (κ3) is 5.25. The van der Waals surface area contributed by atoms with E-state index in [-0.39, 0.29) is 10.6 Å². The molecule has 0 aromatic heterocycles. The van der Waals surface area contributed by atoms with Crippen LogP contribution in [0.1, 0.15) is 38.2 Å². The molecular formula is C18H22O5S. The van der Waals surface area contributed by atoms with E-state index < -0.39 is 10.1 Å². The van der Waals surface area contributed by atoms with Crippen molar-refractivity contribution < 1.29 is 22.8 Å². The Morgan fingerprint density at radius 1 is 1.00 bits per heavy atom. The molecule has 2 rings (SSSR count). The number of unbranched alkanes of at least 4 members (excludes halogenated alkanes) is 3. The molecule has 0 saturated carbocycles. The van der Waals surface area contributed by atoms with Gasteiger partial charge in [-0.05, 0) is 60.9 Å². The fraction of sp³-hybridized carbons (Fsp3) is 0.333. The lowest BCUT2D eigenvalue weighted by molar-refractivity contribution is 0.459. The van der Waals surface area contributed by atoms with Gasteiger partial charge in [0.05, 0.1) is 4.90 Å². The fourth-order valence-electron chi connectivity index (χ4n) is 2.39. The van der Waals surface area contributed by atoms with Crippen LogP contribution in [0.2, 0.25) is 0 Å². The Morgan fingerprint density at radius 3 is 2.33 bits per heavy atom. The number of phenolic OH excluding ortho intramolecular Hbond substituents is 1. The van der Waals surface area contributed by atoms with Crippen LogP contribution in [0.4, 0.5) is 0 Å². The van der Waals surface area contributed by atoms with Gasteiger partial charge in [-0.1, -0.05) is 26.2 Å². The summed E-state index contributed by atoms with van der Waals surface area (Å²) in [5, 5.41) is 9.32. The van der Waals surface area contributed by atoms with E-state index in [1.165, 1.54) is 24.3 Å². The molecule has 130 valence electrons. The first-order valence-electron chi connectivity index (χ1n) is 7.97. The normalized spacial score (nSPS) is 11.4. The number of aromatic hydroxyl groups is 1. The predicted octanol–water partition coefficient (Wildman–Crippen LogP) is 4.55. The second-order valence-corrected chi connectivity index (χ2v) is 7.07. The van der Waals surface area contributed by atoms with E-state index in [0.29, 0.717) is 17.9 Å². The summed E-state index contributed by atoms with van der Waals surface area (Å²) in [6, 6.07) is 10.6. The maximum absolute atomic E-state index is 11.4. The van der Waals surface area contributed by atoms with Gasteiger partial charge in [0.25, 0.3) is 10.1 Å². The third-order valence-corrected chi connectivity index (χ3v) is 4.54. The first-order chi connectivity index (χ1) is 11.4. The lowest BCUT2D eigenvalue weighted by Crippen LogP contribution is -2.01. The molecule has 2 N–H and O–H groups in total. The Hall–Kier alpha value is -2.05. The van der Waals surface area contributed by atoms with Crippen molar-refractivity contribution in [2.75, 3.05) is 0 Å². The van der Waals surface area contributed by atoms with E-state index in [9.17, 15) is 18.1 Å². The summed E-state index contributed by atoms with van der Waals surface area (Å²) in [5.74, 6) is 1.23. The van der Waals surface area contributed by atoms with Crippen LogP contribution in [0, 0.1) is 0 Å². The molecule has 0 bridgehead atoms. The van der Waals surface area contributed by atoms with Gasteiger partial charge in [0, 0.05) is 0 Å². The molecule has 5 nitrogen and oxygen atoms in total. The van der Waals surface area contributed by atoms with Gasteiger partial charge in [0.1, 0.15) is 17.2 Å². The van der Waals surface area contributed by atoms with Gasteiger partial charge in [-0.3, -0.25) is 4.55 Å². The molecule has 0 heterocycles. The summed E-state index contributed by atoms with van der Waals surface area (Å²) in [6.45, 7) is 2.12. The van der Waals surface area contributed by atoms with Crippen LogP contribution in [-0.4, -0.2) is 18.1 Å². The highest BCUT2D eigenvalue weighted by Crippen LogP contribution is 2.30. The lowest BCUT2D eigenvalue weighted by atomic mass is 10.1. The molecule has 0 saturated heterocycles. The number of aryl methyl sites for hydroxylation is 1. The molecule has 0 aliphatic carbocycles. The van der Waals surface area contributed by atoms with Crippen LogP contribution < -0.4 is 4.74 Å². The first kappa shape index (κ1) is 18.3. The molecular weight excluding hydrogens is 328 g/mol. The summed E-state index contributed by atoms with van der Waals surface area (Å²) in [7, 11) is -4.24. The van der Waals surface area contributed by atoms with Crippen LogP contribution in [0.5, 0.6) is 17.2 Å². The molecule has 0 amide bonds. The zero-order valence-corrected chi connectivity index (χ0v) is 14.4. The van der Waals surface area contributed by atoms with Crippen LogP contribution in [0.3, 0.4) is 0 Å². The first-order valence-corrected chi connectivity index (χ1v) is 9.41. The van der Waals surface area contributed by atoms with Crippen LogP contribution in [-0.2, 0) is 16.5 Å². The zero-order valence-electron chi connectivity index (χ0n) is 13.6. The summed E-state index contributed by atoms with van der Waals surface area (Å²) in [4.78, 5) is -0.133. The molecule has 0 fully saturated rings. The van der Waals surface area contributed by atoms with Gasteiger partial charge >= 0.3 is 0 Å². The molecule has 2 aromatic carbocycles. The number of phenols is 1. The van der Waals surface area contributed by atoms with Gasteiger partial charge in [-0.15, -0.1) is 0 Å². The van der Waals surface area contributed by atoms with Gasteiger partial charge in [0.15, 0.2) is 0 Å². The average molecular weight is 350 g/mol. The minimum Gasteiger partial charge on any atom is -0.508 e. The standard InChI is InChI=1S/C18H22O5S/c1-2-3-4-5-6-14-13-17(24(20,21)22)11-12-18(14)23-16-9-7-15(19)8-10-16/h7-13,19H,2-6H2,1H3,(H,20,21,22). The highest BCUT2D eigenvalue weighted by atomic mass is 32.2. The van der Waals surface area contributed by atoms with Crippen molar-refractivity contribution in [2.24, 2.45) is 0 Å². The zero-order chi connectivity index (χ0) is 17.6. The van der Waals surface area contributed by atoms with E-state index in [1.807, 2.05) is 0 Å². The van der Waals surface area contributed by atoms with E-state index in [4.69, 9.17) is 4.74 Å². The monoisotopic (exact) mass is 350 g/mol. The minimum atomic E-state index is -4.24. The molecule has 0 radical (unpaired) electrons. The molecule has 0 aliphatic heterocycles. The van der Waals surface area contributed by atoms with Crippen molar-refractivity contribution in [3.63, 3.8) is 0 Å². The van der Waals surface area contributed by atoms with Crippen molar-refractivity contribution in [3.05, 3.63) is 48.0 Å². The molecule has 2 aromatic rings. The second-order valence-electron chi connectivity index (χ2n) is 5.65. The van der Waals surface area contributed by atoms with E-state index in [0.717, 1.165) is 31.2 Å². The summed E-state index contributed by atoms with van der Waals surface area (Å²) < 4.78 is 37.8. The van der Waals surface area contributed by atoms with Crippen molar-refractivity contribution in [3.8, 4) is 17.2 Å². The highest BCUT2D eigenvalue weighted by Gasteiger charge is 2.14. The molecule has 0 spiro atoms. The number of hydrogen-bond acceptors (Lipinski definition) is 4. The van der Waals surface area contributed by atoms with Gasteiger partial charge in [-0.2, -0.15) is 8.42 Å². The minimum absolute atomic E-state index is 0.133. The van der Waals surface area contributed by atoms with E-state index in [1.54, 1.807) is 18.2 Å². The van der Waals surface area contributed by atoms with Crippen LogP contribution in [0.25, 0.3) is 0 Å². The molecule has 0 atom stereocenters. The van der Waals surface area contributed by atoms with E-state index in [2.05, 4.69) is 6.92 Å². The Balaban J connectivity index is 2.25. The molecule has 6 heteroatoms. The van der Waals surface area contributed by atoms with Crippen molar-refractivity contribution in [2.45, 2.75) is 43.9 Å². The fourth-order valence-corrected chi connectivity index (χ4v) is 2.93. The van der Waals surface area contributed by atoms with Crippen LogP contribution in [0.15, 0.2) is 47.4 Å². The summed E-state index contributed by atoms with van der Waals surface area (Å²) in [5.41, 5.74) is 0.731. The predicted molar refractivity (Wildman–Crippen MR) is 92.3 cm³/mol.